The lowest BCUT2D eigenvalue weighted by molar-refractivity contribution is -0.0144. The van der Waals surface area contributed by atoms with Gasteiger partial charge in [-0.15, -0.1) is 10.2 Å². The van der Waals surface area contributed by atoms with Crippen molar-refractivity contribution in [1.82, 2.24) is 24.1 Å². The third kappa shape index (κ3) is 2.49. The van der Waals surface area contributed by atoms with Crippen LogP contribution < -0.4 is 11.2 Å². The number of nitrogens with two attached hydrogens (primary N) is 1. The number of carbonyl (C=O) groups excluding carboxylic acids is 2. The summed E-state index contributed by atoms with van der Waals surface area (Å²) < 4.78 is 9.49. The van der Waals surface area contributed by atoms with Crippen LogP contribution in [0.2, 0.25) is 0 Å². The van der Waals surface area contributed by atoms with Crippen molar-refractivity contribution in [3.63, 3.8) is 0 Å². The fourth-order valence-corrected chi connectivity index (χ4v) is 3.79. The number of aromatic nitrogens is 4. The highest BCUT2D eigenvalue weighted by Gasteiger charge is 2.41. The maximum Gasteiger partial charge on any atom is 0.272 e. The van der Waals surface area contributed by atoms with E-state index in [0.717, 1.165) is 17.5 Å². The lowest BCUT2D eigenvalue weighted by Crippen LogP contribution is -2.46. The van der Waals surface area contributed by atoms with E-state index in [0.29, 0.717) is 19.5 Å². The molecular formula is C18H16N6O4. The molecule has 10 nitrogen and oxygen atoms in total. The highest BCUT2D eigenvalue weighted by molar-refractivity contribution is 5.96. The van der Waals surface area contributed by atoms with E-state index in [-0.39, 0.29) is 23.3 Å². The molecule has 2 unspecified atom stereocenters. The average Bonchev–Trinajstić information content (AvgIpc) is 3.27. The number of ether oxygens (including phenoxy) is 1. The number of rotatable bonds is 3. The standard InChI is InChI=1S/C18H16N6O4/c19-17(26)11-8-22-9-16-24(18(27)12(22)6-13(11)25)7-10(28-16)5-15-21-20-14-3-1-2-4-23(14)15/h1-4,6,8,10,16H,5,7,9H2,(H2,19,26). The van der Waals surface area contributed by atoms with E-state index in [1.54, 1.807) is 9.47 Å². The lowest BCUT2D eigenvalue weighted by Gasteiger charge is -2.31. The molecule has 5 heterocycles. The zero-order valence-corrected chi connectivity index (χ0v) is 14.7. The Balaban J connectivity index is 1.41. The maximum atomic E-state index is 12.8. The van der Waals surface area contributed by atoms with Crippen molar-refractivity contribution < 1.29 is 14.3 Å². The van der Waals surface area contributed by atoms with Crippen LogP contribution in [0.25, 0.3) is 5.65 Å². The molecule has 3 aromatic heterocycles. The highest BCUT2D eigenvalue weighted by Crippen LogP contribution is 2.26. The lowest BCUT2D eigenvalue weighted by atomic mass is 10.1. The number of primary amides is 1. The van der Waals surface area contributed by atoms with Crippen LogP contribution in [-0.2, 0) is 17.7 Å². The second kappa shape index (κ2) is 5.99. The second-order valence-electron chi connectivity index (χ2n) is 6.87. The average molecular weight is 380 g/mol. The minimum atomic E-state index is -0.820. The van der Waals surface area contributed by atoms with Crippen molar-refractivity contribution in [1.29, 1.82) is 0 Å². The smallest absolute Gasteiger partial charge is 0.272 e. The van der Waals surface area contributed by atoms with Gasteiger partial charge in [-0.2, -0.15) is 0 Å². The fraction of sp³-hybridized carbons (Fsp3) is 0.278. The molecule has 0 aliphatic carbocycles. The minimum Gasteiger partial charge on any atom is -0.365 e. The van der Waals surface area contributed by atoms with Gasteiger partial charge in [-0.05, 0) is 12.1 Å². The Hall–Kier alpha value is -3.53. The minimum absolute atomic E-state index is 0.144. The molecule has 0 bridgehead atoms. The summed E-state index contributed by atoms with van der Waals surface area (Å²) in [5, 5.41) is 8.34. The Morgan fingerprint density at radius 2 is 2.11 bits per heavy atom. The second-order valence-corrected chi connectivity index (χ2v) is 6.87. The SMILES string of the molecule is NC(=O)c1cn2c(cc1=O)C(=O)N1CC(Cc3nnc4ccccn34)OC1C2. The van der Waals surface area contributed by atoms with Gasteiger partial charge in [0.15, 0.2) is 17.3 Å². The molecule has 0 spiro atoms. The van der Waals surface area contributed by atoms with Gasteiger partial charge in [0.2, 0.25) is 0 Å². The van der Waals surface area contributed by atoms with Crippen molar-refractivity contribution in [2.45, 2.75) is 25.3 Å². The zero-order valence-electron chi connectivity index (χ0n) is 14.7. The number of nitrogens with zero attached hydrogens (tertiary/aromatic N) is 5. The summed E-state index contributed by atoms with van der Waals surface area (Å²) in [6.45, 7) is 0.704. The summed E-state index contributed by atoms with van der Waals surface area (Å²) in [5.74, 6) is -0.382. The predicted octanol–water partition coefficient (Wildman–Crippen LogP) is -0.587. The molecule has 2 aliphatic heterocycles. The largest absolute Gasteiger partial charge is 0.365 e. The third-order valence-corrected chi connectivity index (χ3v) is 5.12. The maximum absolute atomic E-state index is 12.8. The molecule has 2 amide bonds. The van der Waals surface area contributed by atoms with Gasteiger partial charge in [-0.3, -0.25) is 18.8 Å². The van der Waals surface area contributed by atoms with Gasteiger partial charge in [0, 0.05) is 24.9 Å². The Bertz CT molecular complexity index is 1180. The van der Waals surface area contributed by atoms with Crippen LogP contribution >= 0.6 is 0 Å². The van der Waals surface area contributed by atoms with Gasteiger partial charge < -0.3 is 19.9 Å². The molecule has 0 aromatic carbocycles. The van der Waals surface area contributed by atoms with Crippen molar-refractivity contribution in [2.24, 2.45) is 5.73 Å². The highest BCUT2D eigenvalue weighted by atomic mass is 16.5. The predicted molar refractivity (Wildman–Crippen MR) is 95.6 cm³/mol. The zero-order chi connectivity index (χ0) is 19.4. The first-order valence-electron chi connectivity index (χ1n) is 8.80. The molecule has 10 heteroatoms. The molecule has 0 saturated carbocycles. The summed E-state index contributed by atoms with van der Waals surface area (Å²) in [5.41, 5.74) is 5.51. The summed E-state index contributed by atoms with van der Waals surface area (Å²) in [6.07, 6.45) is 2.97. The Morgan fingerprint density at radius 1 is 1.25 bits per heavy atom. The summed E-state index contributed by atoms with van der Waals surface area (Å²) in [7, 11) is 0. The van der Waals surface area contributed by atoms with Gasteiger partial charge in [-0.1, -0.05) is 6.07 Å². The van der Waals surface area contributed by atoms with E-state index in [1.165, 1.54) is 6.20 Å². The molecular weight excluding hydrogens is 364 g/mol. The van der Waals surface area contributed by atoms with E-state index in [4.69, 9.17) is 10.5 Å². The van der Waals surface area contributed by atoms with E-state index in [2.05, 4.69) is 10.2 Å². The van der Waals surface area contributed by atoms with Gasteiger partial charge in [-0.25, -0.2) is 0 Å². The first-order chi connectivity index (χ1) is 13.5. The van der Waals surface area contributed by atoms with E-state index in [1.807, 2.05) is 28.8 Å². The molecule has 1 saturated heterocycles. The van der Waals surface area contributed by atoms with Crippen LogP contribution in [0.3, 0.4) is 0 Å². The molecule has 5 rings (SSSR count). The van der Waals surface area contributed by atoms with Gasteiger partial charge in [0.1, 0.15) is 17.1 Å². The Kier molecular flexibility index (Phi) is 3.56. The van der Waals surface area contributed by atoms with Crippen LogP contribution in [-0.4, -0.2) is 54.8 Å². The topological polar surface area (TPSA) is 125 Å². The summed E-state index contributed by atoms with van der Waals surface area (Å²) >= 11 is 0. The van der Waals surface area contributed by atoms with Gasteiger partial charge in [0.05, 0.1) is 19.2 Å². The number of fused-ring (bicyclic) bond motifs is 3. The molecule has 2 atom stereocenters. The van der Waals surface area contributed by atoms with Crippen LogP contribution in [0.5, 0.6) is 0 Å². The number of carbonyl (C=O) groups is 2. The van der Waals surface area contributed by atoms with Gasteiger partial charge in [0.25, 0.3) is 11.8 Å². The molecule has 0 radical (unpaired) electrons. The van der Waals surface area contributed by atoms with Crippen LogP contribution in [0.4, 0.5) is 0 Å². The molecule has 1 fully saturated rings. The van der Waals surface area contributed by atoms with Crippen molar-refractivity contribution >= 4 is 17.5 Å². The quantitative estimate of drug-likeness (QED) is 0.648. The van der Waals surface area contributed by atoms with E-state index >= 15 is 0 Å². The van der Waals surface area contributed by atoms with Crippen molar-refractivity contribution in [3.8, 4) is 0 Å². The number of amides is 2. The molecule has 142 valence electrons. The normalized spacial score (nSPS) is 21.0. The molecule has 2 aliphatic rings. The number of pyridine rings is 2. The fourth-order valence-electron chi connectivity index (χ4n) is 3.79. The van der Waals surface area contributed by atoms with Crippen LogP contribution in [0, 0.1) is 0 Å². The van der Waals surface area contributed by atoms with E-state index < -0.39 is 17.6 Å². The van der Waals surface area contributed by atoms with E-state index in [9.17, 15) is 14.4 Å². The summed E-state index contributed by atoms with van der Waals surface area (Å²) in [4.78, 5) is 37.9. The molecule has 3 aromatic rings. The van der Waals surface area contributed by atoms with Crippen LogP contribution in [0.1, 0.15) is 26.7 Å². The van der Waals surface area contributed by atoms with Crippen molar-refractivity contribution in [3.05, 3.63) is 64.0 Å². The number of hydrogen-bond donors (Lipinski definition) is 1. The Morgan fingerprint density at radius 3 is 2.93 bits per heavy atom. The first-order valence-corrected chi connectivity index (χ1v) is 8.80. The van der Waals surface area contributed by atoms with Gasteiger partial charge >= 0.3 is 0 Å². The van der Waals surface area contributed by atoms with Crippen LogP contribution in [0.15, 0.2) is 41.5 Å². The van der Waals surface area contributed by atoms with Crippen molar-refractivity contribution in [2.75, 3.05) is 6.54 Å². The summed E-state index contributed by atoms with van der Waals surface area (Å²) in [6, 6.07) is 6.81. The first kappa shape index (κ1) is 16.6. The molecule has 28 heavy (non-hydrogen) atoms. The number of hydrogen-bond acceptors (Lipinski definition) is 6. The third-order valence-electron chi connectivity index (χ3n) is 5.12. The monoisotopic (exact) mass is 380 g/mol. The Labute approximate surface area is 158 Å². The molecule has 2 N–H and O–H groups in total.